The van der Waals surface area contributed by atoms with Crippen molar-refractivity contribution in [2.45, 2.75) is 14.0 Å². The number of ether oxygens (including phenoxy) is 1. The number of carbonyl (C=O) groups excluding carboxylic acids is 1. The summed E-state index contributed by atoms with van der Waals surface area (Å²) in [5, 5.41) is 0. The van der Waals surface area contributed by atoms with E-state index in [2.05, 4.69) is 31.9 Å². The van der Waals surface area contributed by atoms with Crippen LogP contribution in [0.2, 0.25) is 0 Å². The summed E-state index contributed by atoms with van der Waals surface area (Å²) in [6, 6.07) is 15.6. The number of hydrogen-bond acceptors (Lipinski definition) is 3. The highest BCUT2D eigenvalue weighted by Gasteiger charge is 2.46. The van der Waals surface area contributed by atoms with Gasteiger partial charge in [-0.3, -0.25) is 4.79 Å². The van der Waals surface area contributed by atoms with Crippen molar-refractivity contribution in [3.05, 3.63) is 59.7 Å². The molecule has 0 spiro atoms. The van der Waals surface area contributed by atoms with Crippen LogP contribution in [0.4, 0.5) is 0 Å². The zero-order valence-electron chi connectivity index (χ0n) is 11.9. The molecule has 2 aromatic rings. The SMILES string of the molecule is COc1ccc([C@@H](Br)[C@]2(Br)CSc3ccccc3C2=O)cc1. The van der Waals surface area contributed by atoms with E-state index in [0.29, 0.717) is 5.75 Å². The minimum absolute atomic E-state index is 0.112. The van der Waals surface area contributed by atoms with Gasteiger partial charge >= 0.3 is 0 Å². The van der Waals surface area contributed by atoms with Gasteiger partial charge in [-0.2, -0.15) is 0 Å². The first-order valence-electron chi connectivity index (χ1n) is 6.80. The maximum absolute atomic E-state index is 13.0. The van der Waals surface area contributed by atoms with Crippen LogP contribution in [0.25, 0.3) is 0 Å². The highest BCUT2D eigenvalue weighted by molar-refractivity contribution is 9.12. The number of Topliss-reactive ketones (excluding diaryl/α,β-unsaturated/α-hetero) is 1. The Morgan fingerprint density at radius 3 is 2.55 bits per heavy atom. The Morgan fingerprint density at radius 2 is 1.86 bits per heavy atom. The predicted molar refractivity (Wildman–Crippen MR) is 97.8 cm³/mol. The number of fused-ring (bicyclic) bond motifs is 1. The van der Waals surface area contributed by atoms with E-state index in [1.54, 1.807) is 18.9 Å². The van der Waals surface area contributed by atoms with Crippen LogP contribution in [0.5, 0.6) is 5.75 Å². The molecule has 3 rings (SSSR count). The molecule has 5 heteroatoms. The molecular formula is C17H14Br2O2S. The van der Waals surface area contributed by atoms with Gasteiger partial charge in [0, 0.05) is 16.2 Å². The molecule has 0 fully saturated rings. The molecule has 0 saturated heterocycles. The van der Waals surface area contributed by atoms with Crippen molar-refractivity contribution in [1.82, 2.24) is 0 Å². The molecule has 2 atom stereocenters. The molecule has 1 aliphatic heterocycles. The summed E-state index contributed by atoms with van der Waals surface area (Å²) in [6.07, 6.45) is 0. The zero-order valence-corrected chi connectivity index (χ0v) is 15.9. The van der Waals surface area contributed by atoms with Gasteiger partial charge in [0.05, 0.1) is 11.9 Å². The lowest BCUT2D eigenvalue weighted by Gasteiger charge is -2.35. The number of methoxy groups -OCH3 is 1. The van der Waals surface area contributed by atoms with Gasteiger partial charge in [0.1, 0.15) is 10.1 Å². The van der Waals surface area contributed by atoms with Crippen LogP contribution in [0.3, 0.4) is 0 Å². The van der Waals surface area contributed by atoms with Crippen LogP contribution in [-0.4, -0.2) is 23.0 Å². The molecule has 1 heterocycles. The van der Waals surface area contributed by atoms with E-state index in [9.17, 15) is 4.79 Å². The minimum atomic E-state index is -0.652. The van der Waals surface area contributed by atoms with Crippen LogP contribution in [0, 0.1) is 0 Å². The second kappa shape index (κ2) is 6.38. The topological polar surface area (TPSA) is 26.3 Å². The van der Waals surface area contributed by atoms with Crippen molar-refractivity contribution in [1.29, 1.82) is 0 Å². The molecule has 0 unspecified atom stereocenters. The van der Waals surface area contributed by atoms with E-state index in [1.165, 1.54) is 0 Å². The lowest BCUT2D eigenvalue weighted by atomic mass is 9.91. The largest absolute Gasteiger partial charge is 0.497 e. The van der Waals surface area contributed by atoms with Crippen molar-refractivity contribution >= 4 is 49.4 Å². The number of ketones is 1. The molecular weight excluding hydrogens is 428 g/mol. The number of thioether (sulfide) groups is 1. The average Bonchev–Trinajstić information content (AvgIpc) is 2.58. The van der Waals surface area contributed by atoms with E-state index in [4.69, 9.17) is 4.74 Å². The third kappa shape index (κ3) is 2.74. The van der Waals surface area contributed by atoms with Crippen LogP contribution >= 0.6 is 43.6 Å². The summed E-state index contributed by atoms with van der Waals surface area (Å²) in [6.45, 7) is 0. The molecule has 2 nitrogen and oxygen atoms in total. The predicted octanol–water partition coefficient (Wildman–Crippen LogP) is 5.25. The summed E-state index contributed by atoms with van der Waals surface area (Å²) in [5.41, 5.74) is 1.83. The minimum Gasteiger partial charge on any atom is -0.497 e. The molecule has 2 aromatic carbocycles. The van der Waals surface area contributed by atoms with Crippen molar-refractivity contribution in [2.75, 3.05) is 12.9 Å². The van der Waals surface area contributed by atoms with Gasteiger partial charge in [0.25, 0.3) is 0 Å². The van der Waals surface area contributed by atoms with E-state index in [0.717, 1.165) is 21.8 Å². The summed E-state index contributed by atoms with van der Waals surface area (Å²) in [4.78, 5) is 13.9. The lowest BCUT2D eigenvalue weighted by molar-refractivity contribution is 0.0950. The monoisotopic (exact) mass is 440 g/mol. The van der Waals surface area contributed by atoms with E-state index in [-0.39, 0.29) is 10.6 Å². The van der Waals surface area contributed by atoms with Gasteiger partial charge in [0.15, 0.2) is 5.78 Å². The normalized spacial score (nSPS) is 22.0. The van der Waals surface area contributed by atoms with E-state index < -0.39 is 4.32 Å². The third-order valence-electron chi connectivity index (χ3n) is 3.76. The number of hydrogen-bond donors (Lipinski definition) is 0. The van der Waals surface area contributed by atoms with Gasteiger partial charge in [-0.25, -0.2) is 0 Å². The van der Waals surface area contributed by atoms with Gasteiger partial charge in [-0.1, -0.05) is 62.2 Å². The van der Waals surface area contributed by atoms with Crippen molar-refractivity contribution in [3.8, 4) is 5.75 Å². The number of carbonyl (C=O) groups is 1. The van der Waals surface area contributed by atoms with Gasteiger partial charge in [-0.15, -0.1) is 11.8 Å². The fourth-order valence-electron chi connectivity index (χ4n) is 2.48. The van der Waals surface area contributed by atoms with E-state index >= 15 is 0 Å². The van der Waals surface area contributed by atoms with Crippen molar-refractivity contribution < 1.29 is 9.53 Å². The highest BCUT2D eigenvalue weighted by Crippen LogP contribution is 2.49. The fourth-order valence-corrected chi connectivity index (χ4v) is 5.34. The number of alkyl halides is 2. The molecule has 0 aromatic heterocycles. The summed E-state index contributed by atoms with van der Waals surface area (Å²) in [5.74, 6) is 1.62. The number of benzene rings is 2. The summed E-state index contributed by atoms with van der Waals surface area (Å²) < 4.78 is 4.54. The zero-order chi connectivity index (χ0) is 15.7. The maximum atomic E-state index is 13.0. The van der Waals surface area contributed by atoms with Crippen molar-refractivity contribution in [2.24, 2.45) is 0 Å². The Bertz CT molecular complexity index is 702. The molecule has 22 heavy (non-hydrogen) atoms. The second-order valence-corrected chi connectivity index (χ2v) is 8.46. The first-order chi connectivity index (χ1) is 10.6. The molecule has 0 saturated carbocycles. The molecule has 0 N–H and O–H groups in total. The molecule has 0 amide bonds. The fraction of sp³-hybridized carbons (Fsp3) is 0.235. The van der Waals surface area contributed by atoms with Crippen LogP contribution < -0.4 is 4.74 Å². The molecule has 0 radical (unpaired) electrons. The average molecular weight is 442 g/mol. The van der Waals surface area contributed by atoms with E-state index in [1.807, 2.05) is 48.5 Å². The Hall–Kier alpha value is -0.780. The van der Waals surface area contributed by atoms with Crippen LogP contribution in [-0.2, 0) is 0 Å². The number of rotatable bonds is 3. The lowest BCUT2D eigenvalue weighted by Crippen LogP contribution is -2.41. The molecule has 0 aliphatic carbocycles. The van der Waals surface area contributed by atoms with Gasteiger partial charge < -0.3 is 4.74 Å². The maximum Gasteiger partial charge on any atom is 0.182 e. The summed E-state index contributed by atoms with van der Waals surface area (Å²) in [7, 11) is 1.64. The van der Waals surface area contributed by atoms with Gasteiger partial charge in [0.2, 0.25) is 0 Å². The van der Waals surface area contributed by atoms with Gasteiger partial charge in [-0.05, 0) is 23.8 Å². The Labute approximate surface area is 150 Å². The van der Waals surface area contributed by atoms with Crippen LogP contribution in [0.15, 0.2) is 53.4 Å². The molecule has 1 aliphatic rings. The Morgan fingerprint density at radius 1 is 1.18 bits per heavy atom. The van der Waals surface area contributed by atoms with Crippen molar-refractivity contribution in [3.63, 3.8) is 0 Å². The highest BCUT2D eigenvalue weighted by atomic mass is 79.9. The summed E-state index contributed by atoms with van der Waals surface area (Å²) >= 11 is 9.15. The first-order valence-corrected chi connectivity index (χ1v) is 9.49. The second-order valence-electron chi connectivity index (χ2n) is 5.11. The Balaban J connectivity index is 1.94. The standard InChI is InChI=1S/C17H14Br2O2S/c1-21-12-8-6-11(7-9-12)15(18)17(19)10-22-14-5-3-2-4-13(14)16(17)20/h2-9,15H,10H2,1H3/t15-,17-/m1/s1. The number of halogens is 2. The smallest absolute Gasteiger partial charge is 0.182 e. The molecule has 0 bridgehead atoms. The first kappa shape index (κ1) is 16.1. The van der Waals surface area contributed by atoms with Crippen LogP contribution in [0.1, 0.15) is 20.7 Å². The molecule has 114 valence electrons. The quantitative estimate of drug-likeness (QED) is 0.608. The Kier molecular flexibility index (Phi) is 4.67. The third-order valence-corrected chi connectivity index (χ3v) is 8.42.